The van der Waals surface area contributed by atoms with Crippen molar-refractivity contribution in [2.45, 2.75) is 18.9 Å². The summed E-state index contributed by atoms with van der Waals surface area (Å²) in [4.78, 5) is 22.7. The summed E-state index contributed by atoms with van der Waals surface area (Å²) >= 11 is 0. The Balaban J connectivity index is 2.17. The molecule has 2 heterocycles. The van der Waals surface area contributed by atoms with Gasteiger partial charge in [0, 0.05) is 31.7 Å². The number of aliphatic imine (C=N–C) groups is 1. The van der Waals surface area contributed by atoms with E-state index in [2.05, 4.69) is 26.9 Å². The molecule has 0 radical (unpaired) electrons. The van der Waals surface area contributed by atoms with Gasteiger partial charge in [-0.2, -0.15) is 10.2 Å². The summed E-state index contributed by atoms with van der Waals surface area (Å²) in [5.74, 6) is -0.373. The van der Waals surface area contributed by atoms with Gasteiger partial charge >= 0.3 is 0 Å². The number of aromatic nitrogens is 1. The van der Waals surface area contributed by atoms with Crippen LogP contribution in [0.15, 0.2) is 63.9 Å². The maximum atomic E-state index is 13.2. The van der Waals surface area contributed by atoms with Gasteiger partial charge in [-0.1, -0.05) is 24.3 Å². The molecule has 30 heavy (non-hydrogen) atoms. The summed E-state index contributed by atoms with van der Waals surface area (Å²) in [7, 11) is 1.51. The minimum Gasteiger partial charge on any atom is -0.369 e. The first-order valence-corrected chi connectivity index (χ1v) is 8.96. The van der Waals surface area contributed by atoms with Crippen LogP contribution in [0.1, 0.15) is 35.7 Å². The second-order valence-electron chi connectivity index (χ2n) is 6.65. The summed E-state index contributed by atoms with van der Waals surface area (Å²) in [6.07, 6.45) is 1.78. The predicted molar refractivity (Wildman–Crippen MR) is 113 cm³/mol. The first kappa shape index (κ1) is 21.0. The lowest BCUT2D eigenvalue weighted by Crippen LogP contribution is -2.41. The van der Waals surface area contributed by atoms with E-state index in [1.165, 1.54) is 36.5 Å². The standard InChI is InChI=1S/C21H20F2N6O/c1-13(9-10-27-25-2)14-5-4-6-15(11-14)21(19(30)29(3)20(24)28-21)16-7-8-17(18(22)23)26-12-16/h4-12,18H,2H2,1,3H3,(H2,24,28)/b13-9+,27-10-. The van der Waals surface area contributed by atoms with Crippen molar-refractivity contribution in [2.75, 3.05) is 7.05 Å². The average Bonchev–Trinajstić information content (AvgIpc) is 2.99. The van der Waals surface area contributed by atoms with Crippen molar-refractivity contribution >= 4 is 30.4 Å². The van der Waals surface area contributed by atoms with Crippen LogP contribution in [0.5, 0.6) is 0 Å². The number of amides is 1. The molecule has 2 N–H and O–H groups in total. The number of guanidine groups is 1. The molecule has 0 saturated heterocycles. The summed E-state index contributed by atoms with van der Waals surface area (Å²) in [6, 6.07) is 9.81. The molecule has 3 rings (SSSR count). The fraction of sp³-hybridized carbons (Fsp3) is 0.190. The van der Waals surface area contributed by atoms with E-state index in [9.17, 15) is 13.6 Å². The molecule has 0 spiro atoms. The zero-order chi connectivity index (χ0) is 21.9. The quantitative estimate of drug-likeness (QED) is 0.585. The molecular formula is C21H20F2N6O. The van der Waals surface area contributed by atoms with Gasteiger partial charge in [0.2, 0.25) is 0 Å². The van der Waals surface area contributed by atoms with Gasteiger partial charge in [-0.15, -0.1) is 0 Å². The Morgan fingerprint density at radius 2 is 2.07 bits per heavy atom. The number of nitrogens with two attached hydrogens (primary N) is 1. The Hall–Kier alpha value is -3.75. The van der Waals surface area contributed by atoms with Crippen molar-refractivity contribution in [3.63, 3.8) is 0 Å². The van der Waals surface area contributed by atoms with Gasteiger partial charge in [0.05, 0.1) is 0 Å². The zero-order valence-electron chi connectivity index (χ0n) is 16.5. The molecule has 1 aromatic heterocycles. The van der Waals surface area contributed by atoms with Gasteiger partial charge in [0.15, 0.2) is 11.5 Å². The molecule has 1 unspecified atom stereocenters. The molecule has 0 fully saturated rings. The number of halogens is 2. The summed E-state index contributed by atoms with van der Waals surface area (Å²) < 4.78 is 25.9. The van der Waals surface area contributed by atoms with Crippen LogP contribution in [0, 0.1) is 0 Å². The highest BCUT2D eigenvalue weighted by atomic mass is 19.3. The fourth-order valence-electron chi connectivity index (χ4n) is 3.21. The van der Waals surface area contributed by atoms with Crippen molar-refractivity contribution in [2.24, 2.45) is 20.9 Å². The second-order valence-corrected chi connectivity index (χ2v) is 6.65. The number of rotatable bonds is 6. The molecule has 0 saturated carbocycles. The van der Waals surface area contributed by atoms with Crippen LogP contribution < -0.4 is 5.73 Å². The number of carbonyl (C=O) groups excluding carboxylic acids is 1. The minimum absolute atomic E-state index is 0.0276. The highest BCUT2D eigenvalue weighted by Gasteiger charge is 2.49. The van der Waals surface area contributed by atoms with Crippen LogP contribution in [0.2, 0.25) is 0 Å². The lowest BCUT2D eigenvalue weighted by molar-refractivity contribution is -0.129. The largest absolute Gasteiger partial charge is 0.369 e. The number of pyridine rings is 1. The third-order valence-electron chi connectivity index (χ3n) is 4.88. The molecule has 0 bridgehead atoms. The molecule has 1 aliphatic heterocycles. The second kappa shape index (κ2) is 8.32. The fourth-order valence-corrected chi connectivity index (χ4v) is 3.21. The summed E-state index contributed by atoms with van der Waals surface area (Å²) in [5, 5.41) is 7.11. The number of hydrogen-bond acceptors (Lipinski definition) is 6. The van der Waals surface area contributed by atoms with E-state index in [1.807, 2.05) is 13.0 Å². The molecule has 1 amide bonds. The van der Waals surface area contributed by atoms with Crippen molar-refractivity contribution in [1.29, 1.82) is 0 Å². The highest BCUT2D eigenvalue weighted by molar-refractivity contribution is 6.09. The van der Waals surface area contributed by atoms with E-state index >= 15 is 0 Å². The van der Waals surface area contributed by atoms with Crippen molar-refractivity contribution in [3.8, 4) is 0 Å². The number of likely N-dealkylation sites (N-methyl/N-ethyl adjacent to an activating group) is 1. The van der Waals surface area contributed by atoms with E-state index < -0.39 is 17.9 Å². The molecule has 9 heteroatoms. The zero-order valence-corrected chi connectivity index (χ0v) is 16.5. The Labute approximate surface area is 172 Å². The summed E-state index contributed by atoms with van der Waals surface area (Å²) in [6.45, 7) is 5.16. The van der Waals surface area contributed by atoms with Gasteiger partial charge in [0.1, 0.15) is 5.69 Å². The Bertz CT molecular complexity index is 1060. The highest BCUT2D eigenvalue weighted by Crippen LogP contribution is 2.40. The number of allylic oxidation sites excluding steroid dienone is 2. The van der Waals surface area contributed by atoms with E-state index in [4.69, 9.17) is 5.73 Å². The van der Waals surface area contributed by atoms with Gasteiger partial charge in [-0.3, -0.25) is 14.7 Å². The first-order chi connectivity index (χ1) is 14.3. The smallest absolute Gasteiger partial charge is 0.280 e. The molecular weight excluding hydrogens is 390 g/mol. The number of nitrogens with zero attached hydrogens (tertiary/aromatic N) is 5. The van der Waals surface area contributed by atoms with Gasteiger partial charge < -0.3 is 5.73 Å². The first-order valence-electron chi connectivity index (χ1n) is 8.96. The Morgan fingerprint density at radius 1 is 1.30 bits per heavy atom. The number of benzene rings is 1. The van der Waals surface area contributed by atoms with Crippen LogP contribution in [-0.4, -0.2) is 41.7 Å². The Kier molecular flexibility index (Phi) is 5.81. The lowest BCUT2D eigenvalue weighted by Gasteiger charge is -2.26. The SMILES string of the molecule is C=N/N=C\C=C(/C)c1cccc(C2(c3ccc(C(F)F)nc3)N=C(N)N(C)C2=O)c1. The molecule has 1 aromatic carbocycles. The van der Waals surface area contributed by atoms with Crippen molar-refractivity contribution in [1.82, 2.24) is 9.88 Å². The molecule has 0 aliphatic carbocycles. The van der Waals surface area contributed by atoms with Crippen molar-refractivity contribution < 1.29 is 13.6 Å². The number of alkyl halides is 2. The third kappa shape index (κ3) is 3.61. The molecule has 7 nitrogen and oxygen atoms in total. The maximum Gasteiger partial charge on any atom is 0.280 e. The van der Waals surface area contributed by atoms with Crippen LogP contribution in [-0.2, 0) is 10.3 Å². The van der Waals surface area contributed by atoms with Gasteiger partial charge in [-0.25, -0.2) is 13.8 Å². The lowest BCUT2D eigenvalue weighted by atomic mass is 9.82. The predicted octanol–water partition coefficient (Wildman–Crippen LogP) is 3.14. The van der Waals surface area contributed by atoms with E-state index in [0.29, 0.717) is 11.1 Å². The monoisotopic (exact) mass is 410 g/mol. The molecule has 1 aliphatic rings. The average molecular weight is 410 g/mol. The third-order valence-corrected chi connectivity index (χ3v) is 4.88. The maximum absolute atomic E-state index is 13.2. The van der Waals surface area contributed by atoms with Crippen LogP contribution in [0.25, 0.3) is 5.57 Å². The Morgan fingerprint density at radius 3 is 2.63 bits per heavy atom. The van der Waals surface area contributed by atoms with Crippen molar-refractivity contribution in [3.05, 3.63) is 71.1 Å². The number of hydrogen-bond donors (Lipinski definition) is 1. The summed E-state index contributed by atoms with van der Waals surface area (Å²) in [5.41, 5.74) is 6.61. The number of carbonyl (C=O) groups is 1. The van der Waals surface area contributed by atoms with Crippen LogP contribution in [0.3, 0.4) is 0 Å². The van der Waals surface area contributed by atoms with Crippen LogP contribution >= 0.6 is 0 Å². The van der Waals surface area contributed by atoms with E-state index in [-0.39, 0.29) is 11.7 Å². The van der Waals surface area contributed by atoms with Crippen LogP contribution in [0.4, 0.5) is 8.78 Å². The normalized spacial score (nSPS) is 19.6. The van der Waals surface area contributed by atoms with E-state index in [0.717, 1.165) is 11.1 Å². The molecule has 1 atom stereocenters. The molecule has 2 aromatic rings. The topological polar surface area (TPSA) is 96.3 Å². The molecule has 154 valence electrons. The van der Waals surface area contributed by atoms with Gasteiger partial charge in [0.25, 0.3) is 12.3 Å². The van der Waals surface area contributed by atoms with Gasteiger partial charge in [-0.05, 0) is 41.8 Å². The van der Waals surface area contributed by atoms with E-state index in [1.54, 1.807) is 24.3 Å². The minimum atomic E-state index is -2.71.